The van der Waals surface area contributed by atoms with Gasteiger partial charge in [0.05, 0.1) is 5.56 Å². The number of halogens is 1. The highest BCUT2D eigenvalue weighted by Gasteiger charge is 2.31. The summed E-state index contributed by atoms with van der Waals surface area (Å²) in [6.07, 6.45) is -0.340. The van der Waals surface area contributed by atoms with Crippen LogP contribution in [0, 0.1) is 11.2 Å². The van der Waals surface area contributed by atoms with E-state index in [1.807, 2.05) is 27.7 Å². The van der Waals surface area contributed by atoms with Gasteiger partial charge in [-0.3, -0.25) is 0 Å². The number of nitrogens with two attached hydrogens (primary N) is 1. The van der Waals surface area contributed by atoms with Crippen molar-refractivity contribution in [2.24, 2.45) is 5.41 Å². The minimum absolute atomic E-state index is 0.0644. The van der Waals surface area contributed by atoms with Crippen LogP contribution in [0.1, 0.15) is 39.6 Å². The topological polar surface area (TPSA) is 74.2 Å². The second-order valence-electron chi connectivity index (χ2n) is 5.86. The molecule has 0 fully saturated rings. The Bertz CT molecular complexity index is 599. The number of aromatic nitrogens is 2. The molecule has 0 bridgehead atoms. The van der Waals surface area contributed by atoms with Crippen LogP contribution in [0.4, 0.5) is 10.1 Å². The highest BCUT2D eigenvalue weighted by atomic mass is 19.1. The van der Waals surface area contributed by atoms with E-state index in [-0.39, 0.29) is 28.7 Å². The fourth-order valence-electron chi connectivity index (χ4n) is 2.09. The Hall–Kier alpha value is -1.95. The minimum Gasteiger partial charge on any atom is -0.398 e. The number of hydrogen-bond acceptors (Lipinski definition) is 5. The number of benzene rings is 1. The zero-order valence-electron chi connectivity index (χ0n) is 12.7. The minimum atomic E-state index is -0.492. The normalized spacial score (nSPS) is 13.4. The summed E-state index contributed by atoms with van der Waals surface area (Å²) in [5.41, 5.74) is 5.96. The first-order valence-corrected chi connectivity index (χ1v) is 6.84. The largest absolute Gasteiger partial charge is 0.398 e. The van der Waals surface area contributed by atoms with Crippen molar-refractivity contribution in [1.29, 1.82) is 0 Å². The summed E-state index contributed by atoms with van der Waals surface area (Å²) in [5.74, 6) is -0.0366. The molecule has 21 heavy (non-hydrogen) atoms. The Labute approximate surface area is 123 Å². The highest BCUT2D eigenvalue weighted by Crippen LogP contribution is 2.36. The van der Waals surface area contributed by atoms with Crippen LogP contribution in [-0.4, -0.2) is 16.7 Å². The molecule has 0 saturated heterocycles. The van der Waals surface area contributed by atoms with E-state index >= 15 is 0 Å². The average molecular weight is 293 g/mol. The number of nitrogen functional groups attached to an aromatic ring is 1. The van der Waals surface area contributed by atoms with Crippen molar-refractivity contribution in [3.8, 4) is 11.5 Å². The second-order valence-corrected chi connectivity index (χ2v) is 5.86. The molecule has 0 aliphatic heterocycles. The van der Waals surface area contributed by atoms with Gasteiger partial charge in [0.25, 0.3) is 5.89 Å². The van der Waals surface area contributed by atoms with Crippen molar-refractivity contribution in [1.82, 2.24) is 10.1 Å². The maximum absolute atomic E-state index is 13.9. The molecule has 6 heteroatoms. The number of nitrogens with zero attached hydrogens (tertiary/aromatic N) is 2. The summed E-state index contributed by atoms with van der Waals surface area (Å²) in [7, 11) is 0. The van der Waals surface area contributed by atoms with Crippen molar-refractivity contribution in [3.63, 3.8) is 0 Å². The number of ether oxygens (including phenoxy) is 1. The smallest absolute Gasteiger partial charge is 0.263 e. The molecule has 114 valence electrons. The molecule has 1 aromatic carbocycles. The van der Waals surface area contributed by atoms with Crippen LogP contribution in [0.2, 0.25) is 0 Å². The Morgan fingerprint density at radius 1 is 1.38 bits per heavy atom. The highest BCUT2D eigenvalue weighted by molar-refractivity contribution is 5.70. The van der Waals surface area contributed by atoms with Gasteiger partial charge in [-0.15, -0.1) is 0 Å². The maximum atomic E-state index is 13.9. The standard InChI is InChI=1S/C15H20FN3O2/c1-5-20-12(15(2,3)4)13-18-14(21-19-13)11-9(16)7-6-8-10(11)17/h6-8,12H,5,17H2,1-4H3. The monoisotopic (exact) mass is 293 g/mol. The number of hydrogen-bond donors (Lipinski definition) is 1. The van der Waals surface area contributed by atoms with Crippen LogP contribution in [0.25, 0.3) is 11.5 Å². The van der Waals surface area contributed by atoms with Gasteiger partial charge in [0.15, 0.2) is 0 Å². The molecule has 2 aromatic rings. The first-order valence-electron chi connectivity index (χ1n) is 6.84. The lowest BCUT2D eigenvalue weighted by Gasteiger charge is -2.27. The lowest BCUT2D eigenvalue weighted by Crippen LogP contribution is -2.22. The summed E-state index contributed by atoms with van der Waals surface area (Å²) >= 11 is 0. The van der Waals surface area contributed by atoms with E-state index in [0.717, 1.165) is 0 Å². The second kappa shape index (κ2) is 5.81. The van der Waals surface area contributed by atoms with Crippen molar-refractivity contribution >= 4 is 5.69 Å². The van der Waals surface area contributed by atoms with Crippen LogP contribution >= 0.6 is 0 Å². The van der Waals surface area contributed by atoms with Crippen LogP contribution in [0.5, 0.6) is 0 Å². The average Bonchev–Trinajstić information content (AvgIpc) is 2.83. The van der Waals surface area contributed by atoms with Gasteiger partial charge in [-0.2, -0.15) is 4.98 Å². The summed E-state index contributed by atoms with van der Waals surface area (Å²) in [4.78, 5) is 4.26. The van der Waals surface area contributed by atoms with Crippen molar-refractivity contribution in [2.75, 3.05) is 12.3 Å². The van der Waals surface area contributed by atoms with Crippen molar-refractivity contribution in [3.05, 3.63) is 29.8 Å². The molecule has 0 aliphatic carbocycles. The SMILES string of the molecule is CCOC(c1noc(-c2c(N)cccc2F)n1)C(C)(C)C. The molecule has 0 saturated carbocycles. The lowest BCUT2D eigenvalue weighted by molar-refractivity contribution is -0.0203. The van der Waals surface area contributed by atoms with E-state index in [9.17, 15) is 4.39 Å². The fraction of sp³-hybridized carbons (Fsp3) is 0.467. The number of anilines is 1. The zero-order valence-corrected chi connectivity index (χ0v) is 12.7. The van der Waals surface area contributed by atoms with E-state index < -0.39 is 5.82 Å². The molecule has 2 rings (SSSR count). The summed E-state index contributed by atoms with van der Waals surface area (Å²) in [6, 6.07) is 4.43. The van der Waals surface area contributed by atoms with Gasteiger partial charge < -0.3 is 15.0 Å². The van der Waals surface area contributed by atoms with Crippen LogP contribution in [0.3, 0.4) is 0 Å². The van der Waals surface area contributed by atoms with Gasteiger partial charge in [-0.25, -0.2) is 4.39 Å². The third-order valence-corrected chi connectivity index (χ3v) is 3.06. The summed E-state index contributed by atoms with van der Waals surface area (Å²) in [5, 5.41) is 3.93. The lowest BCUT2D eigenvalue weighted by atomic mass is 9.88. The van der Waals surface area contributed by atoms with E-state index in [4.69, 9.17) is 15.0 Å². The van der Waals surface area contributed by atoms with Crippen LogP contribution < -0.4 is 5.73 Å². The summed E-state index contributed by atoms with van der Waals surface area (Å²) < 4.78 is 24.8. The zero-order chi connectivity index (χ0) is 15.6. The molecular formula is C15H20FN3O2. The van der Waals surface area contributed by atoms with Gasteiger partial charge in [0, 0.05) is 12.3 Å². The van der Waals surface area contributed by atoms with Gasteiger partial charge in [0.1, 0.15) is 11.9 Å². The molecule has 2 N–H and O–H groups in total. The Morgan fingerprint density at radius 3 is 2.67 bits per heavy atom. The third-order valence-electron chi connectivity index (χ3n) is 3.06. The molecule has 0 spiro atoms. The molecule has 5 nitrogen and oxygen atoms in total. The molecule has 1 heterocycles. The molecule has 0 amide bonds. The Balaban J connectivity index is 2.41. The molecule has 0 aliphatic rings. The first kappa shape index (κ1) is 15.4. The number of rotatable bonds is 4. The molecule has 1 atom stereocenters. The van der Waals surface area contributed by atoms with Crippen molar-refractivity contribution < 1.29 is 13.7 Å². The van der Waals surface area contributed by atoms with E-state index in [0.29, 0.717) is 12.4 Å². The Kier molecular flexibility index (Phi) is 4.27. The van der Waals surface area contributed by atoms with Gasteiger partial charge in [0.2, 0.25) is 5.82 Å². The molecular weight excluding hydrogens is 273 g/mol. The van der Waals surface area contributed by atoms with Gasteiger partial charge in [-0.05, 0) is 24.5 Å². The molecule has 0 radical (unpaired) electrons. The van der Waals surface area contributed by atoms with Crippen molar-refractivity contribution in [2.45, 2.75) is 33.8 Å². The quantitative estimate of drug-likeness (QED) is 0.872. The van der Waals surface area contributed by atoms with Gasteiger partial charge in [-0.1, -0.05) is 32.0 Å². The van der Waals surface area contributed by atoms with E-state index in [1.165, 1.54) is 12.1 Å². The molecule has 1 aromatic heterocycles. The van der Waals surface area contributed by atoms with E-state index in [2.05, 4.69) is 10.1 Å². The first-order chi connectivity index (χ1) is 9.84. The third kappa shape index (κ3) is 3.21. The Morgan fingerprint density at radius 2 is 2.10 bits per heavy atom. The maximum Gasteiger partial charge on any atom is 0.263 e. The predicted octanol–water partition coefficient (Wildman–Crippen LogP) is 3.58. The van der Waals surface area contributed by atoms with Gasteiger partial charge >= 0.3 is 0 Å². The predicted molar refractivity (Wildman–Crippen MR) is 77.9 cm³/mol. The van der Waals surface area contributed by atoms with Crippen LogP contribution in [-0.2, 0) is 4.74 Å². The summed E-state index contributed by atoms with van der Waals surface area (Å²) in [6.45, 7) is 8.46. The fourth-order valence-corrected chi connectivity index (χ4v) is 2.09. The molecule has 1 unspecified atom stereocenters. The van der Waals surface area contributed by atoms with E-state index in [1.54, 1.807) is 6.07 Å². The van der Waals surface area contributed by atoms with Crippen LogP contribution in [0.15, 0.2) is 22.7 Å².